The Morgan fingerprint density at radius 1 is 0.702 bits per heavy atom. The number of rotatable bonds is 16. The summed E-state index contributed by atoms with van der Waals surface area (Å²) in [6.45, 7) is 3.63. The number of ether oxygens (including phenoxy) is 2. The molecular weight excluding hydrogens is 580 g/mol. The molecule has 6 rings (SSSR count). The van der Waals surface area contributed by atoms with Gasteiger partial charge in [-0.1, -0.05) is 81.1 Å². The molecule has 5 nitrogen and oxygen atoms in total. The van der Waals surface area contributed by atoms with E-state index < -0.39 is 0 Å². The number of unbranched alkanes of at least 4 members (excludes halogenated alkanes) is 5. The highest BCUT2D eigenvalue weighted by atomic mass is 16.5. The number of nitrogens with zero attached hydrogens (tertiary/aromatic N) is 1. The number of benzene rings is 4. The van der Waals surface area contributed by atoms with Gasteiger partial charge in [0.1, 0.15) is 23.1 Å². The van der Waals surface area contributed by atoms with E-state index in [9.17, 15) is 5.11 Å². The van der Waals surface area contributed by atoms with Gasteiger partial charge in [0.2, 0.25) is 0 Å². The smallest absolute Gasteiger partial charge is 0.142 e. The minimum absolute atomic E-state index is 0.158. The molecule has 0 aliphatic heterocycles. The van der Waals surface area contributed by atoms with Gasteiger partial charge in [-0.3, -0.25) is 0 Å². The van der Waals surface area contributed by atoms with E-state index in [4.69, 9.17) is 9.47 Å². The van der Waals surface area contributed by atoms with E-state index in [2.05, 4.69) is 65.4 Å². The summed E-state index contributed by atoms with van der Waals surface area (Å²) in [6, 6.07) is 31.1. The molecule has 0 saturated heterocycles. The zero-order chi connectivity index (χ0) is 32.3. The van der Waals surface area contributed by atoms with Gasteiger partial charge >= 0.3 is 0 Å². The van der Waals surface area contributed by atoms with Crippen molar-refractivity contribution in [2.24, 2.45) is 5.92 Å². The van der Waals surface area contributed by atoms with Gasteiger partial charge in [0.15, 0.2) is 0 Å². The van der Waals surface area contributed by atoms with Crippen LogP contribution in [0.5, 0.6) is 17.2 Å². The van der Waals surface area contributed by atoms with Crippen molar-refractivity contribution >= 4 is 11.0 Å². The summed E-state index contributed by atoms with van der Waals surface area (Å²) in [6.07, 6.45) is 15.2. The predicted molar refractivity (Wildman–Crippen MR) is 193 cm³/mol. The van der Waals surface area contributed by atoms with Crippen LogP contribution in [-0.2, 0) is 0 Å². The van der Waals surface area contributed by atoms with Gasteiger partial charge < -0.3 is 19.6 Å². The first kappa shape index (κ1) is 32.7. The summed E-state index contributed by atoms with van der Waals surface area (Å²) in [5.41, 5.74) is 6.51. The largest absolute Gasteiger partial charge is 0.507 e. The van der Waals surface area contributed by atoms with Crippen LogP contribution in [0.1, 0.15) is 95.5 Å². The maximum atomic E-state index is 10.6. The zero-order valence-corrected chi connectivity index (χ0v) is 27.9. The summed E-state index contributed by atoms with van der Waals surface area (Å²) in [7, 11) is 0. The van der Waals surface area contributed by atoms with Gasteiger partial charge in [0, 0.05) is 6.07 Å². The highest BCUT2D eigenvalue weighted by molar-refractivity contribution is 5.80. The van der Waals surface area contributed by atoms with E-state index in [1.807, 2.05) is 36.4 Å². The number of para-hydroxylation sites is 2. The normalized spacial score (nSPS) is 16.4. The van der Waals surface area contributed by atoms with Crippen molar-refractivity contribution in [1.82, 2.24) is 9.97 Å². The molecule has 1 aliphatic carbocycles. The van der Waals surface area contributed by atoms with Crippen LogP contribution in [-0.4, -0.2) is 28.3 Å². The molecule has 0 bridgehead atoms. The highest BCUT2D eigenvalue weighted by Gasteiger charge is 2.22. The van der Waals surface area contributed by atoms with Crippen molar-refractivity contribution in [2.45, 2.75) is 89.9 Å². The molecule has 0 radical (unpaired) electrons. The zero-order valence-electron chi connectivity index (χ0n) is 27.9. The molecule has 47 heavy (non-hydrogen) atoms. The fourth-order valence-electron chi connectivity index (χ4n) is 6.98. The lowest BCUT2D eigenvalue weighted by Crippen LogP contribution is -2.13. The number of aromatic hydroxyl groups is 1. The minimum atomic E-state index is 0.158. The number of hydrogen-bond acceptors (Lipinski definition) is 4. The van der Waals surface area contributed by atoms with Gasteiger partial charge in [-0.2, -0.15) is 0 Å². The van der Waals surface area contributed by atoms with Crippen LogP contribution in [0.4, 0.5) is 0 Å². The molecule has 1 aliphatic rings. The summed E-state index contributed by atoms with van der Waals surface area (Å²) >= 11 is 0. The Kier molecular flexibility index (Phi) is 11.5. The number of imidazole rings is 1. The van der Waals surface area contributed by atoms with E-state index >= 15 is 0 Å². The van der Waals surface area contributed by atoms with Crippen molar-refractivity contribution in [3.05, 3.63) is 96.6 Å². The topological polar surface area (TPSA) is 67.4 Å². The van der Waals surface area contributed by atoms with Crippen molar-refractivity contribution < 1.29 is 14.6 Å². The number of aromatic nitrogens is 2. The van der Waals surface area contributed by atoms with Crippen LogP contribution in [0.15, 0.2) is 91.0 Å². The number of hydrogen-bond donors (Lipinski definition) is 2. The average molecular weight is 631 g/mol. The lowest BCUT2D eigenvalue weighted by molar-refractivity contribution is 0.287. The Balaban J connectivity index is 0.854. The molecule has 5 heteroatoms. The Hall–Kier alpha value is -4.25. The molecule has 246 valence electrons. The molecule has 1 heterocycles. The maximum Gasteiger partial charge on any atom is 0.142 e. The highest BCUT2D eigenvalue weighted by Crippen LogP contribution is 2.38. The maximum absolute atomic E-state index is 10.6. The lowest BCUT2D eigenvalue weighted by Gasteiger charge is -2.29. The van der Waals surface area contributed by atoms with Crippen molar-refractivity contribution in [1.29, 1.82) is 0 Å². The van der Waals surface area contributed by atoms with Crippen LogP contribution < -0.4 is 9.47 Å². The lowest BCUT2D eigenvalue weighted by atomic mass is 9.77. The van der Waals surface area contributed by atoms with Crippen molar-refractivity contribution in [2.75, 3.05) is 13.2 Å². The van der Waals surface area contributed by atoms with Crippen molar-refractivity contribution in [3.63, 3.8) is 0 Å². The van der Waals surface area contributed by atoms with Crippen LogP contribution in [0.2, 0.25) is 0 Å². The fraction of sp³-hybridized carbons (Fsp3) is 0.405. The molecule has 0 unspecified atom stereocenters. The minimum Gasteiger partial charge on any atom is -0.507 e. The monoisotopic (exact) mass is 630 g/mol. The first-order chi connectivity index (χ1) is 23.2. The van der Waals surface area contributed by atoms with Gasteiger partial charge in [-0.15, -0.1) is 0 Å². The number of fused-ring (bicyclic) bond motifs is 1. The van der Waals surface area contributed by atoms with E-state index in [0.29, 0.717) is 30.4 Å². The van der Waals surface area contributed by atoms with Crippen LogP contribution in [0, 0.1) is 5.92 Å². The van der Waals surface area contributed by atoms with Crippen LogP contribution >= 0.6 is 0 Å². The SMILES string of the molecule is CCCCCC1CCC(c2ccc(-c3ccc(OCCCCCCOc4ccc(-c5nc6ccccc6[nH]5)c(O)c4)cc3)cc2)CC1. The molecule has 1 fully saturated rings. The Bertz CT molecular complexity index is 1630. The van der Waals surface area contributed by atoms with Gasteiger partial charge in [-0.05, 0) is 116 Å². The first-order valence-corrected chi connectivity index (χ1v) is 17.9. The van der Waals surface area contributed by atoms with E-state index in [0.717, 1.165) is 54.3 Å². The van der Waals surface area contributed by atoms with E-state index in [1.54, 1.807) is 6.07 Å². The third-order valence-corrected chi connectivity index (χ3v) is 9.82. The van der Waals surface area contributed by atoms with Crippen LogP contribution in [0.3, 0.4) is 0 Å². The quantitative estimate of drug-likeness (QED) is 0.106. The van der Waals surface area contributed by atoms with Gasteiger partial charge in [-0.25, -0.2) is 4.98 Å². The second-order valence-electron chi connectivity index (χ2n) is 13.3. The molecule has 0 spiro atoms. The molecule has 0 atom stereocenters. The number of H-pyrrole nitrogens is 1. The van der Waals surface area contributed by atoms with E-state index in [-0.39, 0.29) is 5.75 Å². The predicted octanol–water partition coefficient (Wildman–Crippen LogP) is 11.5. The Morgan fingerprint density at radius 2 is 1.36 bits per heavy atom. The summed E-state index contributed by atoms with van der Waals surface area (Å²) in [5.74, 6) is 4.09. The second-order valence-corrected chi connectivity index (χ2v) is 13.3. The standard InChI is InChI=1S/C42H50N2O3/c1-2-3-6-11-31-14-16-32(17-15-31)33-18-20-34(21-19-33)35-22-24-36(25-23-35)46-28-9-4-5-10-29-47-37-26-27-38(41(45)30-37)42-43-39-12-7-8-13-40(39)44-42/h7-8,12-13,18-27,30-32,45H,2-6,9-11,14-17,28-29H2,1H3,(H,43,44). The second kappa shape index (κ2) is 16.5. The van der Waals surface area contributed by atoms with E-state index in [1.165, 1.54) is 68.1 Å². The van der Waals surface area contributed by atoms with Gasteiger partial charge in [0.25, 0.3) is 0 Å². The third kappa shape index (κ3) is 8.97. The molecule has 1 aromatic heterocycles. The fourth-order valence-corrected chi connectivity index (χ4v) is 6.98. The summed E-state index contributed by atoms with van der Waals surface area (Å²) in [5, 5.41) is 10.6. The third-order valence-electron chi connectivity index (χ3n) is 9.82. The summed E-state index contributed by atoms with van der Waals surface area (Å²) < 4.78 is 11.9. The van der Waals surface area contributed by atoms with Gasteiger partial charge in [0.05, 0.1) is 29.8 Å². The molecular formula is C42H50N2O3. The number of nitrogens with one attached hydrogen (secondary N) is 1. The Labute approximate surface area is 280 Å². The number of phenolic OH excluding ortho intramolecular Hbond substituents is 1. The summed E-state index contributed by atoms with van der Waals surface area (Å²) in [4.78, 5) is 7.84. The van der Waals surface area contributed by atoms with Crippen molar-refractivity contribution in [3.8, 4) is 39.8 Å². The first-order valence-electron chi connectivity index (χ1n) is 17.9. The molecule has 2 N–H and O–H groups in total. The Morgan fingerprint density at radius 3 is 2.04 bits per heavy atom. The van der Waals surface area contributed by atoms with Crippen LogP contribution in [0.25, 0.3) is 33.5 Å². The molecule has 0 amide bonds. The molecule has 1 saturated carbocycles. The molecule has 4 aromatic carbocycles. The molecule has 5 aromatic rings. The average Bonchev–Trinajstić information content (AvgIpc) is 3.54. The number of phenols is 1. The number of aromatic amines is 1.